The summed E-state index contributed by atoms with van der Waals surface area (Å²) in [7, 11) is -0.123. The summed E-state index contributed by atoms with van der Waals surface area (Å²) in [5.41, 5.74) is 0.752. The Morgan fingerprint density at radius 1 is 1.35 bits per heavy atom. The minimum atomic E-state index is -3.11. The van der Waals surface area contributed by atoms with Crippen LogP contribution < -0.4 is 10.1 Å². The molecule has 2 amide bonds. The van der Waals surface area contributed by atoms with E-state index in [2.05, 4.69) is 5.32 Å². The number of hydrogen-bond donors (Lipinski definition) is 1. The van der Waals surface area contributed by atoms with Crippen LogP contribution >= 0.6 is 0 Å². The molecule has 1 saturated heterocycles. The predicted molar refractivity (Wildman–Crippen MR) is 84.7 cm³/mol. The number of sulfone groups is 1. The third kappa shape index (κ3) is 4.22. The van der Waals surface area contributed by atoms with Gasteiger partial charge in [0, 0.05) is 25.2 Å². The van der Waals surface area contributed by atoms with Gasteiger partial charge in [-0.2, -0.15) is 0 Å². The molecule has 8 heteroatoms. The maximum atomic E-state index is 12.1. The second kappa shape index (κ2) is 6.99. The van der Waals surface area contributed by atoms with Gasteiger partial charge in [-0.1, -0.05) is 18.2 Å². The zero-order valence-electron chi connectivity index (χ0n) is 13.1. The molecule has 1 aliphatic rings. The quantitative estimate of drug-likeness (QED) is 0.776. The molecule has 1 aliphatic heterocycles. The summed E-state index contributed by atoms with van der Waals surface area (Å²) in [6.45, 7) is 0.158. The molecule has 0 aliphatic carbocycles. The molecule has 126 valence electrons. The van der Waals surface area contributed by atoms with Crippen LogP contribution in [0.4, 0.5) is 0 Å². The molecule has 1 atom stereocenters. The highest BCUT2D eigenvalue weighted by molar-refractivity contribution is 7.91. The van der Waals surface area contributed by atoms with Gasteiger partial charge in [0.25, 0.3) is 0 Å². The van der Waals surface area contributed by atoms with Crippen molar-refractivity contribution in [1.29, 1.82) is 0 Å². The lowest BCUT2D eigenvalue weighted by Gasteiger charge is -2.22. The topological polar surface area (TPSA) is 92.8 Å². The Kier molecular flexibility index (Phi) is 5.25. The highest BCUT2D eigenvalue weighted by Crippen LogP contribution is 2.18. The van der Waals surface area contributed by atoms with Gasteiger partial charge in [-0.05, 0) is 12.5 Å². The average Bonchev–Trinajstić information content (AvgIpc) is 2.91. The zero-order chi connectivity index (χ0) is 17.0. The SMILES string of the molecule is COc1ccccc1CNC(=O)C(=O)N(C)C1CCS(=O)(=O)C1. The summed E-state index contributed by atoms with van der Waals surface area (Å²) in [6, 6.07) is 6.73. The van der Waals surface area contributed by atoms with E-state index in [1.807, 2.05) is 6.07 Å². The summed E-state index contributed by atoms with van der Waals surface area (Å²) in [4.78, 5) is 25.3. The van der Waals surface area contributed by atoms with Gasteiger partial charge in [0.2, 0.25) is 0 Å². The minimum absolute atomic E-state index is 0.0537. The van der Waals surface area contributed by atoms with E-state index in [0.717, 1.165) is 5.56 Å². The van der Waals surface area contributed by atoms with E-state index in [9.17, 15) is 18.0 Å². The number of carbonyl (C=O) groups is 2. The zero-order valence-corrected chi connectivity index (χ0v) is 13.9. The van der Waals surface area contributed by atoms with Crippen molar-refractivity contribution in [3.05, 3.63) is 29.8 Å². The Labute approximate surface area is 135 Å². The van der Waals surface area contributed by atoms with E-state index >= 15 is 0 Å². The van der Waals surface area contributed by atoms with Crippen LogP contribution in [0.5, 0.6) is 5.75 Å². The van der Waals surface area contributed by atoms with E-state index in [0.29, 0.717) is 12.2 Å². The van der Waals surface area contributed by atoms with Gasteiger partial charge in [-0.15, -0.1) is 0 Å². The molecular formula is C15H20N2O5S. The largest absolute Gasteiger partial charge is 0.496 e. The third-order valence-electron chi connectivity index (χ3n) is 3.90. The molecule has 7 nitrogen and oxygen atoms in total. The minimum Gasteiger partial charge on any atom is -0.496 e. The van der Waals surface area contributed by atoms with Crippen LogP contribution in [0.25, 0.3) is 0 Å². The summed E-state index contributed by atoms with van der Waals surface area (Å²) >= 11 is 0. The molecule has 1 fully saturated rings. The number of methoxy groups -OCH3 is 1. The Bertz CT molecular complexity index is 702. The van der Waals surface area contributed by atoms with Crippen LogP contribution in [0.2, 0.25) is 0 Å². The molecule has 1 N–H and O–H groups in total. The molecule has 23 heavy (non-hydrogen) atoms. The molecule has 0 bridgehead atoms. The molecular weight excluding hydrogens is 320 g/mol. The second-order valence-electron chi connectivity index (χ2n) is 5.47. The number of ether oxygens (including phenoxy) is 1. The molecule has 2 rings (SSSR count). The lowest BCUT2D eigenvalue weighted by Crippen LogP contribution is -2.46. The smallest absolute Gasteiger partial charge is 0.311 e. The number of amides is 2. The summed E-state index contributed by atoms with van der Waals surface area (Å²) < 4.78 is 28.1. The van der Waals surface area contributed by atoms with E-state index in [-0.39, 0.29) is 18.1 Å². The fourth-order valence-electron chi connectivity index (χ4n) is 2.51. The molecule has 0 spiro atoms. The Balaban J connectivity index is 1.94. The summed E-state index contributed by atoms with van der Waals surface area (Å²) in [5.74, 6) is -0.909. The van der Waals surface area contributed by atoms with Crippen molar-refractivity contribution >= 4 is 21.7 Å². The first kappa shape index (κ1) is 17.3. The molecule has 1 aromatic carbocycles. The summed E-state index contributed by atoms with van der Waals surface area (Å²) in [5, 5.41) is 2.54. The van der Waals surface area contributed by atoms with Crippen molar-refractivity contribution in [1.82, 2.24) is 10.2 Å². The van der Waals surface area contributed by atoms with Gasteiger partial charge in [-0.3, -0.25) is 9.59 Å². The number of carbonyl (C=O) groups excluding carboxylic acids is 2. The molecule has 1 unspecified atom stereocenters. The normalized spacial score (nSPS) is 19.1. The highest BCUT2D eigenvalue weighted by atomic mass is 32.2. The lowest BCUT2D eigenvalue weighted by molar-refractivity contribution is -0.146. The lowest BCUT2D eigenvalue weighted by atomic mass is 10.2. The maximum absolute atomic E-state index is 12.1. The predicted octanol–water partition coefficient (Wildman–Crippen LogP) is -0.0431. The van der Waals surface area contributed by atoms with Crippen molar-refractivity contribution in [2.24, 2.45) is 0 Å². The van der Waals surface area contributed by atoms with Crippen LogP contribution in [0.1, 0.15) is 12.0 Å². The number of rotatable bonds is 4. The van der Waals surface area contributed by atoms with Crippen molar-refractivity contribution in [2.45, 2.75) is 19.0 Å². The van der Waals surface area contributed by atoms with Crippen molar-refractivity contribution in [2.75, 3.05) is 25.7 Å². The molecule has 0 saturated carbocycles. The fourth-order valence-corrected chi connectivity index (χ4v) is 4.28. The third-order valence-corrected chi connectivity index (χ3v) is 5.65. The van der Waals surface area contributed by atoms with Crippen molar-refractivity contribution < 1.29 is 22.7 Å². The van der Waals surface area contributed by atoms with Crippen LogP contribution in [0, 0.1) is 0 Å². The first-order valence-electron chi connectivity index (χ1n) is 7.21. The van der Waals surface area contributed by atoms with Gasteiger partial charge in [0.15, 0.2) is 9.84 Å². The number of hydrogen-bond acceptors (Lipinski definition) is 5. The Hall–Kier alpha value is -2.09. The highest BCUT2D eigenvalue weighted by Gasteiger charge is 2.34. The number of likely N-dealkylation sites (N-methyl/N-ethyl adjacent to an activating group) is 1. The molecule has 0 aromatic heterocycles. The van der Waals surface area contributed by atoms with E-state index < -0.39 is 27.7 Å². The van der Waals surface area contributed by atoms with Crippen LogP contribution in [0.15, 0.2) is 24.3 Å². The average molecular weight is 340 g/mol. The molecule has 1 heterocycles. The fraction of sp³-hybridized carbons (Fsp3) is 0.467. The van der Waals surface area contributed by atoms with Gasteiger partial charge < -0.3 is 15.0 Å². The second-order valence-corrected chi connectivity index (χ2v) is 7.70. The monoisotopic (exact) mass is 340 g/mol. The van der Waals surface area contributed by atoms with Crippen molar-refractivity contribution in [3.8, 4) is 5.75 Å². The first-order valence-corrected chi connectivity index (χ1v) is 9.03. The van der Waals surface area contributed by atoms with Gasteiger partial charge in [0.05, 0.1) is 18.6 Å². The molecule has 0 radical (unpaired) electrons. The van der Waals surface area contributed by atoms with Crippen LogP contribution in [0.3, 0.4) is 0 Å². The van der Waals surface area contributed by atoms with Crippen LogP contribution in [-0.4, -0.2) is 56.8 Å². The Morgan fingerprint density at radius 2 is 2.04 bits per heavy atom. The number of benzene rings is 1. The van der Waals surface area contributed by atoms with Crippen LogP contribution in [-0.2, 0) is 26.0 Å². The number of para-hydroxylation sites is 1. The van der Waals surface area contributed by atoms with E-state index in [4.69, 9.17) is 4.74 Å². The number of nitrogens with zero attached hydrogens (tertiary/aromatic N) is 1. The number of nitrogens with one attached hydrogen (secondary N) is 1. The van der Waals surface area contributed by atoms with Gasteiger partial charge in [0.1, 0.15) is 5.75 Å². The summed E-state index contributed by atoms with van der Waals surface area (Å²) in [6.07, 6.45) is 0.365. The standard InChI is InChI=1S/C15H20N2O5S/c1-17(12-7-8-23(20,21)10-12)15(19)14(18)16-9-11-5-3-4-6-13(11)22-2/h3-6,12H,7-10H2,1-2H3,(H,16,18). The first-order chi connectivity index (χ1) is 10.8. The van der Waals surface area contributed by atoms with E-state index in [1.54, 1.807) is 18.2 Å². The van der Waals surface area contributed by atoms with Crippen molar-refractivity contribution in [3.63, 3.8) is 0 Å². The molecule has 1 aromatic rings. The van der Waals surface area contributed by atoms with Gasteiger partial charge >= 0.3 is 11.8 Å². The maximum Gasteiger partial charge on any atom is 0.311 e. The van der Waals surface area contributed by atoms with E-state index in [1.165, 1.54) is 19.1 Å². The van der Waals surface area contributed by atoms with Gasteiger partial charge in [-0.25, -0.2) is 8.42 Å². The Morgan fingerprint density at radius 3 is 2.65 bits per heavy atom.